The minimum Gasteiger partial charge on any atom is -0.497 e. The van der Waals surface area contributed by atoms with E-state index in [1.807, 2.05) is 24.4 Å². The lowest BCUT2D eigenvalue weighted by atomic mass is 10.1. The minimum absolute atomic E-state index is 0.261. The van der Waals surface area contributed by atoms with E-state index < -0.39 is 0 Å². The molecule has 0 aliphatic heterocycles. The first-order chi connectivity index (χ1) is 9.74. The average Bonchev–Trinajstić information content (AvgIpc) is 2.52. The highest BCUT2D eigenvalue weighted by Crippen LogP contribution is 2.19. The third-order valence-corrected chi connectivity index (χ3v) is 3.53. The predicted molar refractivity (Wildman–Crippen MR) is 81.9 cm³/mol. The summed E-state index contributed by atoms with van der Waals surface area (Å²) in [5, 5.41) is 3.52. The zero-order valence-electron chi connectivity index (χ0n) is 12.4. The number of nitrogens with one attached hydrogen (secondary N) is 1. The van der Waals surface area contributed by atoms with Crippen LogP contribution in [0.15, 0.2) is 42.6 Å². The molecule has 0 radical (unpaired) electrons. The fourth-order valence-electron chi connectivity index (χ4n) is 2.23. The number of ether oxygens (including phenoxy) is 1. The lowest BCUT2D eigenvalue weighted by Crippen LogP contribution is -2.19. The van der Waals surface area contributed by atoms with Gasteiger partial charge in [0.25, 0.3) is 0 Å². The first kappa shape index (κ1) is 14.5. The summed E-state index contributed by atoms with van der Waals surface area (Å²) >= 11 is 0. The standard InChI is InChI=1S/C17H22N2O/c1-4-14-8-6-10-18-17(14)12-19-13(2)15-7-5-9-16(11-15)20-3/h5-11,13,19H,4,12H2,1-3H3. The molecule has 2 rings (SSSR count). The highest BCUT2D eigenvalue weighted by molar-refractivity contribution is 5.30. The highest BCUT2D eigenvalue weighted by Gasteiger charge is 2.08. The van der Waals surface area contributed by atoms with Crippen molar-refractivity contribution in [1.82, 2.24) is 10.3 Å². The summed E-state index contributed by atoms with van der Waals surface area (Å²) in [5.74, 6) is 0.892. The molecule has 0 spiro atoms. The molecule has 3 nitrogen and oxygen atoms in total. The summed E-state index contributed by atoms with van der Waals surface area (Å²) in [5.41, 5.74) is 3.65. The van der Waals surface area contributed by atoms with Crippen molar-refractivity contribution >= 4 is 0 Å². The molecule has 0 aliphatic carbocycles. The van der Waals surface area contributed by atoms with Crippen molar-refractivity contribution in [3.05, 3.63) is 59.4 Å². The van der Waals surface area contributed by atoms with Crippen LogP contribution >= 0.6 is 0 Å². The number of hydrogen-bond donors (Lipinski definition) is 1. The fourth-order valence-corrected chi connectivity index (χ4v) is 2.23. The molecule has 1 heterocycles. The molecule has 1 N–H and O–H groups in total. The number of benzene rings is 1. The molecular weight excluding hydrogens is 248 g/mol. The molecule has 1 aromatic heterocycles. The van der Waals surface area contributed by atoms with E-state index in [0.717, 1.165) is 24.4 Å². The van der Waals surface area contributed by atoms with Gasteiger partial charge in [0.05, 0.1) is 12.8 Å². The SMILES string of the molecule is CCc1cccnc1CNC(C)c1cccc(OC)c1. The number of nitrogens with zero attached hydrogens (tertiary/aromatic N) is 1. The van der Waals surface area contributed by atoms with E-state index >= 15 is 0 Å². The van der Waals surface area contributed by atoms with Crippen molar-refractivity contribution in [1.29, 1.82) is 0 Å². The van der Waals surface area contributed by atoms with Crippen LogP contribution in [0.25, 0.3) is 0 Å². The van der Waals surface area contributed by atoms with E-state index in [2.05, 4.69) is 42.3 Å². The summed E-state index contributed by atoms with van der Waals surface area (Å²) < 4.78 is 5.26. The van der Waals surface area contributed by atoms with Gasteiger partial charge in [-0.25, -0.2) is 0 Å². The largest absolute Gasteiger partial charge is 0.497 e. The Bertz CT molecular complexity index is 554. The van der Waals surface area contributed by atoms with E-state index in [0.29, 0.717) is 0 Å². The highest BCUT2D eigenvalue weighted by atomic mass is 16.5. The van der Waals surface area contributed by atoms with Gasteiger partial charge in [-0.05, 0) is 42.7 Å². The van der Waals surface area contributed by atoms with Gasteiger partial charge in [0.2, 0.25) is 0 Å². The van der Waals surface area contributed by atoms with Crippen LogP contribution < -0.4 is 10.1 Å². The summed E-state index contributed by atoms with van der Waals surface area (Å²) in [6.45, 7) is 5.09. The lowest BCUT2D eigenvalue weighted by Gasteiger charge is -2.16. The molecule has 0 saturated carbocycles. The van der Waals surface area contributed by atoms with Crippen LogP contribution in [0.4, 0.5) is 0 Å². The molecule has 1 atom stereocenters. The lowest BCUT2D eigenvalue weighted by molar-refractivity contribution is 0.413. The monoisotopic (exact) mass is 270 g/mol. The third kappa shape index (κ3) is 3.58. The van der Waals surface area contributed by atoms with Gasteiger partial charge in [-0.2, -0.15) is 0 Å². The van der Waals surface area contributed by atoms with Crippen molar-refractivity contribution in [2.24, 2.45) is 0 Å². The van der Waals surface area contributed by atoms with Crippen LogP contribution in [0.2, 0.25) is 0 Å². The minimum atomic E-state index is 0.261. The average molecular weight is 270 g/mol. The molecule has 0 aliphatic rings. The Balaban J connectivity index is 2.02. The van der Waals surface area contributed by atoms with Gasteiger partial charge < -0.3 is 10.1 Å². The molecule has 2 aromatic rings. The molecule has 20 heavy (non-hydrogen) atoms. The number of methoxy groups -OCH3 is 1. The number of rotatable bonds is 6. The fraction of sp³-hybridized carbons (Fsp3) is 0.353. The molecule has 3 heteroatoms. The molecule has 1 unspecified atom stereocenters. The zero-order chi connectivity index (χ0) is 14.4. The van der Waals surface area contributed by atoms with Crippen molar-refractivity contribution < 1.29 is 4.74 Å². The number of aromatic nitrogens is 1. The second-order valence-corrected chi connectivity index (χ2v) is 4.84. The molecule has 0 saturated heterocycles. The number of hydrogen-bond acceptors (Lipinski definition) is 3. The molecule has 0 fully saturated rings. The third-order valence-electron chi connectivity index (χ3n) is 3.53. The van der Waals surface area contributed by atoms with E-state index in [1.54, 1.807) is 7.11 Å². The van der Waals surface area contributed by atoms with Crippen LogP contribution in [0.1, 0.15) is 36.7 Å². The maximum absolute atomic E-state index is 5.26. The van der Waals surface area contributed by atoms with Gasteiger partial charge in [-0.3, -0.25) is 4.98 Å². The summed E-state index contributed by atoms with van der Waals surface area (Å²) in [6.07, 6.45) is 2.87. The second kappa shape index (κ2) is 7.06. The summed E-state index contributed by atoms with van der Waals surface area (Å²) in [6, 6.07) is 12.6. The zero-order valence-corrected chi connectivity index (χ0v) is 12.4. The molecular formula is C17H22N2O. The van der Waals surface area contributed by atoms with E-state index in [1.165, 1.54) is 11.1 Å². The maximum Gasteiger partial charge on any atom is 0.119 e. The predicted octanol–water partition coefficient (Wildman–Crippen LogP) is 3.50. The van der Waals surface area contributed by atoms with Crippen LogP contribution in [0, 0.1) is 0 Å². The Hall–Kier alpha value is -1.87. The van der Waals surface area contributed by atoms with Gasteiger partial charge in [0.15, 0.2) is 0 Å². The summed E-state index contributed by atoms with van der Waals surface area (Å²) in [7, 11) is 1.69. The Kier molecular flexibility index (Phi) is 5.13. The smallest absolute Gasteiger partial charge is 0.119 e. The van der Waals surface area contributed by atoms with E-state index in [-0.39, 0.29) is 6.04 Å². The van der Waals surface area contributed by atoms with Crippen LogP contribution in [0.3, 0.4) is 0 Å². The molecule has 0 amide bonds. The van der Waals surface area contributed by atoms with Crippen LogP contribution in [0.5, 0.6) is 5.75 Å². The number of aryl methyl sites for hydroxylation is 1. The van der Waals surface area contributed by atoms with E-state index in [4.69, 9.17) is 4.74 Å². The quantitative estimate of drug-likeness (QED) is 0.872. The Morgan fingerprint density at radius 1 is 1.25 bits per heavy atom. The molecule has 0 bridgehead atoms. The Labute approximate surface area is 121 Å². The second-order valence-electron chi connectivity index (χ2n) is 4.84. The van der Waals surface area contributed by atoms with Gasteiger partial charge in [-0.1, -0.05) is 25.1 Å². The molecule has 106 valence electrons. The topological polar surface area (TPSA) is 34.2 Å². The number of pyridine rings is 1. The normalized spacial score (nSPS) is 12.2. The molecule has 1 aromatic carbocycles. The van der Waals surface area contributed by atoms with Gasteiger partial charge >= 0.3 is 0 Å². The first-order valence-corrected chi connectivity index (χ1v) is 7.04. The van der Waals surface area contributed by atoms with Gasteiger partial charge in [0.1, 0.15) is 5.75 Å². The Morgan fingerprint density at radius 2 is 2.10 bits per heavy atom. The van der Waals surface area contributed by atoms with E-state index in [9.17, 15) is 0 Å². The first-order valence-electron chi connectivity index (χ1n) is 7.04. The van der Waals surface area contributed by atoms with Gasteiger partial charge in [0, 0.05) is 18.8 Å². The summed E-state index contributed by atoms with van der Waals surface area (Å²) in [4.78, 5) is 4.46. The van der Waals surface area contributed by atoms with Gasteiger partial charge in [-0.15, -0.1) is 0 Å². The van der Waals surface area contributed by atoms with Crippen LogP contribution in [-0.2, 0) is 13.0 Å². The van der Waals surface area contributed by atoms with Crippen molar-refractivity contribution in [3.63, 3.8) is 0 Å². The van der Waals surface area contributed by atoms with Crippen molar-refractivity contribution in [3.8, 4) is 5.75 Å². The van der Waals surface area contributed by atoms with Crippen molar-refractivity contribution in [2.75, 3.05) is 7.11 Å². The Morgan fingerprint density at radius 3 is 2.85 bits per heavy atom. The maximum atomic E-state index is 5.26. The van der Waals surface area contributed by atoms with Crippen LogP contribution in [-0.4, -0.2) is 12.1 Å². The van der Waals surface area contributed by atoms with Crippen molar-refractivity contribution in [2.45, 2.75) is 32.9 Å².